The predicted octanol–water partition coefficient (Wildman–Crippen LogP) is -4.65. The van der Waals surface area contributed by atoms with Gasteiger partial charge in [-0.1, -0.05) is 0 Å². The molecule has 158 valence electrons. The zero-order valence-electron chi connectivity index (χ0n) is 14.9. The first kappa shape index (κ1) is 22.4. The van der Waals surface area contributed by atoms with E-state index in [1.807, 2.05) is 0 Å². The lowest BCUT2D eigenvalue weighted by Gasteiger charge is -2.48. The third-order valence-electron chi connectivity index (χ3n) is 4.83. The van der Waals surface area contributed by atoms with Crippen molar-refractivity contribution in [1.82, 2.24) is 4.90 Å². The molecular weight excluding hydrogens is 370 g/mol. The van der Waals surface area contributed by atoms with E-state index in [1.165, 1.54) is 14.2 Å². The minimum atomic E-state index is -1.70. The Bertz CT molecular complexity index is 481. The summed E-state index contributed by atoms with van der Waals surface area (Å²) in [6.07, 6.45) is -12.1. The number of aliphatic hydroxyl groups is 6. The van der Waals surface area contributed by atoms with Crippen molar-refractivity contribution >= 4 is 6.41 Å². The summed E-state index contributed by atoms with van der Waals surface area (Å²) in [5, 5.41) is 59.1. The minimum absolute atomic E-state index is 0.454. The van der Waals surface area contributed by atoms with Crippen molar-refractivity contribution in [2.45, 2.75) is 61.3 Å². The fourth-order valence-electron chi connectivity index (χ4n) is 3.24. The molecule has 2 aliphatic rings. The van der Waals surface area contributed by atoms with Crippen molar-refractivity contribution in [2.24, 2.45) is 0 Å². The van der Waals surface area contributed by atoms with Crippen LogP contribution in [0.4, 0.5) is 0 Å². The summed E-state index contributed by atoms with van der Waals surface area (Å²) in [5.74, 6) is 0. The fraction of sp³-hybridized carbons (Fsp3) is 0.933. The number of likely N-dealkylation sites (N-methyl/N-ethyl adjacent to an activating group) is 1. The maximum Gasteiger partial charge on any atom is 0.209 e. The number of amides is 1. The third-order valence-corrected chi connectivity index (χ3v) is 4.83. The number of nitrogens with zero attached hydrogens (tertiary/aromatic N) is 1. The van der Waals surface area contributed by atoms with Crippen LogP contribution in [0.1, 0.15) is 0 Å². The second kappa shape index (κ2) is 9.52. The molecule has 0 aromatic rings. The Morgan fingerprint density at radius 1 is 0.926 bits per heavy atom. The number of hydrogen-bond acceptors (Lipinski definition) is 11. The highest BCUT2D eigenvalue weighted by molar-refractivity contribution is 5.47. The van der Waals surface area contributed by atoms with Gasteiger partial charge in [0.1, 0.15) is 48.8 Å². The van der Waals surface area contributed by atoms with E-state index >= 15 is 0 Å². The van der Waals surface area contributed by atoms with Crippen molar-refractivity contribution < 1.29 is 54.4 Å². The standard InChI is InChI=1S/C15H27NO11/c1-16(5-19)8-13(10(21)7(4-18)25-14(8)24-2)27-15-12(23)11(22)9(20)6(3-17)26-15/h5-15,17-18,20-23H,3-4H2,1-2H3/t6?,7?,8?,9-,10-,11-,12?,13+,14+,15-/m0/s1. The number of hydrogen-bond donors (Lipinski definition) is 6. The highest BCUT2D eigenvalue weighted by Gasteiger charge is 2.52. The minimum Gasteiger partial charge on any atom is -0.394 e. The third kappa shape index (κ3) is 4.40. The van der Waals surface area contributed by atoms with E-state index in [0.29, 0.717) is 6.41 Å². The Labute approximate surface area is 155 Å². The summed E-state index contributed by atoms with van der Waals surface area (Å²) in [4.78, 5) is 12.4. The van der Waals surface area contributed by atoms with Crippen LogP contribution in [0.2, 0.25) is 0 Å². The van der Waals surface area contributed by atoms with E-state index in [0.717, 1.165) is 4.90 Å². The molecule has 6 N–H and O–H groups in total. The molecule has 12 heteroatoms. The summed E-state index contributed by atoms with van der Waals surface area (Å²) in [6.45, 7) is -1.23. The van der Waals surface area contributed by atoms with E-state index in [4.69, 9.17) is 18.9 Å². The summed E-state index contributed by atoms with van der Waals surface area (Å²) in [6, 6.07) is -0.988. The Kier molecular flexibility index (Phi) is 7.88. The van der Waals surface area contributed by atoms with E-state index in [1.54, 1.807) is 0 Å². The number of aliphatic hydroxyl groups excluding tert-OH is 6. The molecule has 0 aromatic heterocycles. The van der Waals surface area contributed by atoms with Crippen molar-refractivity contribution in [3.8, 4) is 0 Å². The average molecular weight is 397 g/mol. The molecule has 2 heterocycles. The number of rotatable bonds is 7. The van der Waals surface area contributed by atoms with Crippen LogP contribution in [0.15, 0.2) is 0 Å². The van der Waals surface area contributed by atoms with Gasteiger partial charge in [-0.15, -0.1) is 0 Å². The largest absolute Gasteiger partial charge is 0.394 e. The zero-order chi connectivity index (χ0) is 20.3. The second-order valence-corrected chi connectivity index (χ2v) is 6.51. The summed E-state index contributed by atoms with van der Waals surface area (Å²) in [7, 11) is 2.69. The topological polar surface area (TPSA) is 179 Å². The summed E-state index contributed by atoms with van der Waals surface area (Å²) >= 11 is 0. The lowest BCUT2D eigenvalue weighted by Crippen LogP contribution is -2.67. The average Bonchev–Trinajstić information content (AvgIpc) is 2.68. The van der Waals surface area contributed by atoms with Gasteiger partial charge in [0.25, 0.3) is 0 Å². The van der Waals surface area contributed by atoms with Crippen LogP contribution in [0.5, 0.6) is 0 Å². The quantitative estimate of drug-likeness (QED) is 0.228. The molecule has 10 atom stereocenters. The highest BCUT2D eigenvalue weighted by Crippen LogP contribution is 2.31. The van der Waals surface area contributed by atoms with E-state index in [9.17, 15) is 35.4 Å². The van der Waals surface area contributed by atoms with Gasteiger partial charge >= 0.3 is 0 Å². The normalized spacial score (nSPS) is 45.5. The van der Waals surface area contributed by atoms with Crippen molar-refractivity contribution in [2.75, 3.05) is 27.4 Å². The molecule has 12 nitrogen and oxygen atoms in total. The van der Waals surface area contributed by atoms with Gasteiger partial charge in [0.05, 0.1) is 13.2 Å². The number of carbonyl (C=O) groups excluding carboxylic acids is 1. The predicted molar refractivity (Wildman–Crippen MR) is 85.0 cm³/mol. The molecule has 0 radical (unpaired) electrons. The Hall–Kier alpha value is -0.930. The molecule has 2 fully saturated rings. The Morgan fingerprint density at radius 2 is 1.48 bits per heavy atom. The van der Waals surface area contributed by atoms with E-state index in [2.05, 4.69) is 0 Å². The Morgan fingerprint density at radius 3 is 2.00 bits per heavy atom. The lowest BCUT2D eigenvalue weighted by atomic mass is 9.95. The summed E-state index contributed by atoms with van der Waals surface area (Å²) in [5.41, 5.74) is 0. The SMILES string of the molecule is CO[C@@H]1OC(CO)[C@H](O)[C@H](O[C@@H]2OC(CO)[C@H](O)[C@H](O)C2O)C1N(C)C=O. The summed E-state index contributed by atoms with van der Waals surface area (Å²) < 4.78 is 21.5. The fourth-order valence-corrected chi connectivity index (χ4v) is 3.24. The molecule has 4 unspecified atom stereocenters. The van der Waals surface area contributed by atoms with Crippen LogP contribution in [0.3, 0.4) is 0 Å². The lowest BCUT2D eigenvalue weighted by molar-refractivity contribution is -0.348. The van der Waals surface area contributed by atoms with Crippen molar-refractivity contribution in [1.29, 1.82) is 0 Å². The number of ether oxygens (including phenoxy) is 4. The number of carbonyl (C=O) groups is 1. The van der Waals surface area contributed by atoms with Gasteiger partial charge in [0.2, 0.25) is 6.41 Å². The van der Waals surface area contributed by atoms with Crippen LogP contribution in [0, 0.1) is 0 Å². The van der Waals surface area contributed by atoms with Gasteiger partial charge < -0.3 is 54.5 Å². The molecule has 27 heavy (non-hydrogen) atoms. The van der Waals surface area contributed by atoms with Gasteiger partial charge in [-0.3, -0.25) is 4.79 Å². The van der Waals surface area contributed by atoms with Crippen LogP contribution in [-0.4, -0.2) is 131 Å². The Balaban J connectivity index is 2.28. The van der Waals surface area contributed by atoms with Crippen LogP contribution >= 0.6 is 0 Å². The zero-order valence-corrected chi connectivity index (χ0v) is 14.9. The molecule has 2 aliphatic heterocycles. The van der Waals surface area contributed by atoms with Gasteiger partial charge in [0.15, 0.2) is 12.6 Å². The molecule has 0 aromatic carbocycles. The molecule has 2 saturated heterocycles. The van der Waals surface area contributed by atoms with Gasteiger partial charge in [-0.25, -0.2) is 0 Å². The second-order valence-electron chi connectivity index (χ2n) is 6.51. The molecule has 0 spiro atoms. The van der Waals surface area contributed by atoms with E-state index < -0.39 is 74.6 Å². The molecule has 0 saturated carbocycles. The van der Waals surface area contributed by atoms with Crippen molar-refractivity contribution in [3.05, 3.63) is 0 Å². The van der Waals surface area contributed by atoms with Crippen molar-refractivity contribution in [3.63, 3.8) is 0 Å². The smallest absolute Gasteiger partial charge is 0.209 e. The number of methoxy groups -OCH3 is 1. The maximum absolute atomic E-state index is 11.3. The molecule has 0 aliphatic carbocycles. The highest BCUT2D eigenvalue weighted by atomic mass is 16.7. The first-order chi connectivity index (χ1) is 12.8. The van der Waals surface area contributed by atoms with Crippen LogP contribution in [-0.2, 0) is 23.7 Å². The van der Waals surface area contributed by atoms with Gasteiger partial charge in [-0.2, -0.15) is 0 Å². The maximum atomic E-state index is 11.3. The molecular formula is C15H27NO11. The molecule has 1 amide bonds. The van der Waals surface area contributed by atoms with Crippen LogP contribution < -0.4 is 0 Å². The first-order valence-electron chi connectivity index (χ1n) is 8.41. The monoisotopic (exact) mass is 397 g/mol. The van der Waals surface area contributed by atoms with Gasteiger partial charge in [0, 0.05) is 14.2 Å². The van der Waals surface area contributed by atoms with E-state index in [-0.39, 0.29) is 0 Å². The molecule has 2 rings (SSSR count). The van der Waals surface area contributed by atoms with Gasteiger partial charge in [-0.05, 0) is 0 Å². The van der Waals surface area contributed by atoms with Crippen LogP contribution in [0.25, 0.3) is 0 Å². The molecule has 0 bridgehead atoms. The first-order valence-corrected chi connectivity index (χ1v) is 8.41.